The van der Waals surface area contributed by atoms with E-state index in [0.717, 1.165) is 57.8 Å². The van der Waals surface area contributed by atoms with E-state index in [1.165, 1.54) is 0 Å². The van der Waals surface area contributed by atoms with Crippen LogP contribution in [0.4, 0.5) is 0 Å². The van der Waals surface area contributed by atoms with Crippen LogP contribution in [0.3, 0.4) is 0 Å². The van der Waals surface area contributed by atoms with Crippen molar-refractivity contribution in [1.82, 2.24) is 5.32 Å². The molecule has 4 aliphatic rings. The molecule has 220 valence electrons. The number of fused-ring (bicyclic) bond motifs is 5. The Morgan fingerprint density at radius 3 is 2.29 bits per heavy atom. The van der Waals surface area contributed by atoms with Gasteiger partial charge >= 0.3 is 0 Å². The van der Waals surface area contributed by atoms with Gasteiger partial charge in [-0.25, -0.2) is 0 Å². The van der Waals surface area contributed by atoms with Crippen LogP contribution in [0.15, 0.2) is 0 Å². The van der Waals surface area contributed by atoms with E-state index in [1.54, 1.807) is 13.8 Å². The van der Waals surface area contributed by atoms with Gasteiger partial charge in [-0.15, -0.1) is 0 Å². The highest BCUT2D eigenvalue weighted by atomic mass is 32.2. The molecular weight excluding hydrogens is 502 g/mol. The molecule has 4 fully saturated rings. The highest BCUT2D eigenvalue weighted by Gasteiger charge is 2.64. The fourth-order valence-corrected chi connectivity index (χ4v) is 11.4. The molecule has 0 unspecified atom stereocenters. The van der Waals surface area contributed by atoms with Crippen LogP contribution in [0.25, 0.3) is 0 Å². The van der Waals surface area contributed by atoms with Crippen molar-refractivity contribution < 1.29 is 28.0 Å². The number of aliphatic hydroxyl groups excluding tert-OH is 2. The number of hydrogen-bond acceptors (Lipinski definition) is 5. The first kappa shape index (κ1) is 30.3. The van der Waals surface area contributed by atoms with Gasteiger partial charge in [-0.1, -0.05) is 34.1 Å². The van der Waals surface area contributed by atoms with Gasteiger partial charge in [0.1, 0.15) is 0 Å². The van der Waals surface area contributed by atoms with Gasteiger partial charge in [0.2, 0.25) is 5.91 Å². The summed E-state index contributed by atoms with van der Waals surface area (Å²) in [7, 11) is -4.18. The third-order valence-corrected chi connectivity index (χ3v) is 13.1. The summed E-state index contributed by atoms with van der Waals surface area (Å²) in [4.78, 5) is 12.7. The molecule has 0 spiro atoms. The summed E-state index contributed by atoms with van der Waals surface area (Å²) in [6.45, 7) is 12.6. The lowest BCUT2D eigenvalue weighted by Crippen LogP contribution is -2.62. The maximum atomic E-state index is 12.7. The van der Waals surface area contributed by atoms with Gasteiger partial charge in [-0.05, 0) is 117 Å². The summed E-state index contributed by atoms with van der Waals surface area (Å²) in [6.07, 6.45) is 8.86. The number of amides is 1. The lowest BCUT2D eigenvalue weighted by atomic mass is 9.41. The van der Waals surface area contributed by atoms with Gasteiger partial charge in [0, 0.05) is 6.42 Å². The molecule has 4 rings (SSSR count). The van der Waals surface area contributed by atoms with Crippen molar-refractivity contribution in [2.45, 2.75) is 123 Å². The average molecular weight is 556 g/mol. The smallest absolute Gasteiger partial charge is 0.267 e. The van der Waals surface area contributed by atoms with Crippen molar-refractivity contribution in [1.29, 1.82) is 0 Å². The van der Waals surface area contributed by atoms with Crippen molar-refractivity contribution >= 4 is 16.0 Å². The Hall–Kier alpha value is -0.700. The van der Waals surface area contributed by atoms with E-state index in [2.05, 4.69) is 33.0 Å². The molecule has 11 atom stereocenters. The second-order valence-electron chi connectivity index (χ2n) is 14.8. The van der Waals surface area contributed by atoms with Crippen LogP contribution in [0.2, 0.25) is 0 Å². The second-order valence-corrected chi connectivity index (χ2v) is 16.2. The van der Waals surface area contributed by atoms with E-state index >= 15 is 0 Å². The van der Waals surface area contributed by atoms with E-state index in [-0.39, 0.29) is 34.9 Å². The Balaban J connectivity index is 1.45. The second kappa shape index (κ2) is 10.6. The van der Waals surface area contributed by atoms with Gasteiger partial charge in [-0.2, -0.15) is 8.42 Å². The number of aliphatic hydroxyl groups is 2. The molecule has 0 aromatic carbocycles. The number of hydrogen-bond donors (Lipinski definition) is 4. The van der Waals surface area contributed by atoms with Crippen molar-refractivity contribution in [2.75, 3.05) is 5.75 Å². The zero-order valence-electron chi connectivity index (χ0n) is 24.4. The predicted molar refractivity (Wildman–Crippen MR) is 149 cm³/mol. The first-order valence-electron chi connectivity index (χ1n) is 15.1. The van der Waals surface area contributed by atoms with Crippen molar-refractivity contribution in [3.63, 3.8) is 0 Å². The van der Waals surface area contributed by atoms with Gasteiger partial charge in [0.05, 0.1) is 23.5 Å². The summed E-state index contributed by atoms with van der Waals surface area (Å²) >= 11 is 0. The van der Waals surface area contributed by atoms with E-state index in [0.29, 0.717) is 41.9 Å². The van der Waals surface area contributed by atoms with Crippen LogP contribution in [-0.2, 0) is 14.9 Å². The van der Waals surface area contributed by atoms with Crippen LogP contribution >= 0.6 is 0 Å². The lowest BCUT2D eigenvalue weighted by molar-refractivity contribution is -0.203. The maximum absolute atomic E-state index is 12.7. The largest absolute Gasteiger partial charge is 0.393 e. The topological polar surface area (TPSA) is 124 Å². The Bertz CT molecular complexity index is 983. The molecule has 0 aromatic rings. The maximum Gasteiger partial charge on any atom is 0.267 e. The fraction of sp³-hybridized carbons (Fsp3) is 0.967. The SMILES string of the molecule is CC[C@H]1[C@@H](O)[C@@H]2[C@H](CC[C@]3(C)[C@@H]([C@H](C)CCC(=O)NC(C)(C)CS(=O)(=O)O)CC[C@@H]23)[C@@]2(C)CC[C@@H](O)C[C@@H]12. The molecule has 0 bridgehead atoms. The summed E-state index contributed by atoms with van der Waals surface area (Å²) < 4.78 is 31.8. The quantitative estimate of drug-likeness (QED) is 0.319. The third-order valence-electron chi connectivity index (χ3n) is 12.0. The Labute approximate surface area is 230 Å². The third kappa shape index (κ3) is 5.58. The van der Waals surface area contributed by atoms with Gasteiger partial charge in [0.15, 0.2) is 0 Å². The molecule has 0 aliphatic heterocycles. The Kier molecular flexibility index (Phi) is 8.45. The number of rotatable bonds is 8. The predicted octanol–water partition coefficient (Wildman–Crippen LogP) is 4.81. The first-order valence-corrected chi connectivity index (χ1v) is 16.8. The van der Waals surface area contributed by atoms with E-state index in [9.17, 15) is 28.0 Å². The van der Waals surface area contributed by atoms with Gasteiger partial charge in [-0.3, -0.25) is 9.35 Å². The average Bonchev–Trinajstić information content (AvgIpc) is 3.14. The monoisotopic (exact) mass is 555 g/mol. The summed E-state index contributed by atoms with van der Waals surface area (Å²) in [6, 6.07) is 0. The van der Waals surface area contributed by atoms with Crippen LogP contribution in [0.1, 0.15) is 106 Å². The van der Waals surface area contributed by atoms with Crippen LogP contribution in [-0.4, -0.2) is 52.6 Å². The molecule has 38 heavy (non-hydrogen) atoms. The zero-order chi connectivity index (χ0) is 28.3. The molecular formula is C30H53NO6S. The summed E-state index contributed by atoms with van der Waals surface area (Å²) in [5.74, 6) is 2.14. The Morgan fingerprint density at radius 1 is 1.03 bits per heavy atom. The van der Waals surface area contributed by atoms with Crippen molar-refractivity contribution in [3.8, 4) is 0 Å². The molecule has 8 heteroatoms. The number of nitrogens with one attached hydrogen (secondary N) is 1. The molecule has 0 radical (unpaired) electrons. The van der Waals surface area contributed by atoms with E-state index in [4.69, 9.17) is 0 Å². The van der Waals surface area contributed by atoms with Crippen molar-refractivity contribution in [2.24, 2.45) is 52.3 Å². The van der Waals surface area contributed by atoms with E-state index in [1.807, 2.05) is 0 Å². The van der Waals surface area contributed by atoms with Crippen LogP contribution in [0.5, 0.6) is 0 Å². The molecule has 4 saturated carbocycles. The highest BCUT2D eigenvalue weighted by molar-refractivity contribution is 7.85. The van der Waals surface area contributed by atoms with Gasteiger partial charge in [0.25, 0.3) is 10.1 Å². The number of carbonyl (C=O) groups is 1. The molecule has 7 nitrogen and oxygen atoms in total. The molecule has 4 N–H and O–H groups in total. The van der Waals surface area contributed by atoms with Crippen LogP contribution in [0, 0.1) is 52.3 Å². The summed E-state index contributed by atoms with van der Waals surface area (Å²) in [5.41, 5.74) is -0.674. The molecule has 0 aromatic heterocycles. The summed E-state index contributed by atoms with van der Waals surface area (Å²) in [5, 5.41) is 25.1. The normalized spacial score (nSPS) is 44.0. The molecule has 1 amide bonds. The van der Waals surface area contributed by atoms with E-state index < -0.39 is 21.4 Å². The lowest BCUT2D eigenvalue weighted by Gasteiger charge is -2.64. The fourth-order valence-electron chi connectivity index (χ4n) is 10.4. The molecule has 0 saturated heterocycles. The molecule has 0 heterocycles. The Morgan fingerprint density at radius 2 is 1.66 bits per heavy atom. The first-order chi connectivity index (χ1) is 17.5. The van der Waals surface area contributed by atoms with Crippen LogP contribution < -0.4 is 5.32 Å². The minimum atomic E-state index is -4.18. The molecule has 4 aliphatic carbocycles. The zero-order valence-corrected chi connectivity index (χ0v) is 25.3. The highest BCUT2D eigenvalue weighted by Crippen LogP contribution is 2.69. The standard InChI is InChI=1S/C30H53NO6S/c1-7-20-24-16-19(32)12-14-30(24,6)23-13-15-29(5)21(9-10-22(29)26(23)27(20)34)18(2)8-11-25(33)31-28(3,4)17-38(35,36)37/h18-24,26-27,32,34H,7-17H2,1-6H3,(H,31,33)(H,35,36,37)/t18-,19-,20-,21-,22+,23+,24+,26+,27-,29-,30-/m1/s1. The van der Waals surface area contributed by atoms with Crippen molar-refractivity contribution in [3.05, 3.63) is 0 Å². The minimum absolute atomic E-state index is 0.151. The number of carbonyl (C=O) groups excluding carboxylic acids is 1. The van der Waals surface area contributed by atoms with Gasteiger partial charge < -0.3 is 15.5 Å². The minimum Gasteiger partial charge on any atom is -0.393 e.